The molecule has 17 heavy (non-hydrogen) atoms. The second-order valence-electron chi connectivity index (χ2n) is 4.17. The van der Waals surface area contributed by atoms with E-state index < -0.39 is 0 Å². The molecular weight excluding hydrogens is 208 g/mol. The Morgan fingerprint density at radius 3 is 2.53 bits per heavy atom. The van der Waals surface area contributed by atoms with Gasteiger partial charge in [-0.15, -0.1) is 0 Å². The summed E-state index contributed by atoms with van der Waals surface area (Å²) >= 11 is 0. The third-order valence-corrected chi connectivity index (χ3v) is 3.09. The molecule has 1 aromatic carbocycles. The number of aliphatic imine (C=N–C) groups is 1. The molecule has 2 rings (SSSR count). The fourth-order valence-electron chi connectivity index (χ4n) is 1.68. The van der Waals surface area contributed by atoms with Gasteiger partial charge in [0.05, 0.1) is 0 Å². The van der Waals surface area contributed by atoms with Gasteiger partial charge >= 0.3 is 0 Å². The summed E-state index contributed by atoms with van der Waals surface area (Å²) in [6, 6.07) is 9.95. The monoisotopic (exact) mass is 224 g/mol. The van der Waals surface area contributed by atoms with Crippen molar-refractivity contribution in [1.29, 1.82) is 0 Å². The van der Waals surface area contributed by atoms with Crippen molar-refractivity contribution >= 4 is 12.0 Å². The Morgan fingerprint density at radius 2 is 1.82 bits per heavy atom. The van der Waals surface area contributed by atoms with Crippen LogP contribution in [0, 0.1) is 20.8 Å². The second kappa shape index (κ2) is 4.91. The highest BCUT2D eigenvalue weighted by atomic mass is 14.9. The van der Waals surface area contributed by atoms with Crippen LogP contribution in [-0.2, 0) is 0 Å². The highest BCUT2D eigenvalue weighted by Gasteiger charge is 2.01. The fraction of sp³-hybridized carbons (Fsp3) is 0.200. The van der Waals surface area contributed by atoms with Crippen LogP contribution in [0.15, 0.2) is 41.5 Å². The molecule has 2 nitrogen and oxygen atoms in total. The van der Waals surface area contributed by atoms with Gasteiger partial charge in [-0.3, -0.25) is 0 Å². The maximum absolute atomic E-state index is 4.37. The highest BCUT2D eigenvalue weighted by molar-refractivity contribution is 5.84. The molecule has 0 aliphatic carbocycles. The summed E-state index contributed by atoms with van der Waals surface area (Å²) in [4.78, 5) is 8.54. The Balaban J connectivity index is 2.31. The first-order valence-electron chi connectivity index (χ1n) is 5.70. The molecule has 0 aliphatic rings. The number of aryl methyl sites for hydroxylation is 1. The summed E-state index contributed by atoms with van der Waals surface area (Å²) in [5.41, 5.74) is 5.08. The van der Waals surface area contributed by atoms with Gasteiger partial charge in [0.15, 0.2) is 5.82 Å². The lowest BCUT2D eigenvalue weighted by molar-refractivity contribution is 1.25. The first-order valence-corrected chi connectivity index (χ1v) is 5.70. The van der Waals surface area contributed by atoms with Crippen molar-refractivity contribution in [3.8, 4) is 0 Å². The molecule has 0 amide bonds. The first kappa shape index (κ1) is 11.5. The van der Waals surface area contributed by atoms with Crippen molar-refractivity contribution in [2.45, 2.75) is 20.8 Å². The number of hydrogen-bond acceptors (Lipinski definition) is 2. The number of pyridine rings is 1. The number of rotatable bonds is 2. The van der Waals surface area contributed by atoms with E-state index in [1.165, 1.54) is 16.7 Å². The third-order valence-electron chi connectivity index (χ3n) is 3.09. The summed E-state index contributed by atoms with van der Waals surface area (Å²) in [5.74, 6) is 0.741. The van der Waals surface area contributed by atoms with Crippen LogP contribution >= 0.6 is 0 Å². The Bertz CT molecular complexity index is 542. The molecule has 0 spiro atoms. The van der Waals surface area contributed by atoms with Crippen LogP contribution in [0.5, 0.6) is 0 Å². The summed E-state index contributed by atoms with van der Waals surface area (Å²) in [6.45, 7) is 6.40. The lowest BCUT2D eigenvalue weighted by Crippen LogP contribution is -1.93. The minimum absolute atomic E-state index is 0.741. The van der Waals surface area contributed by atoms with Gasteiger partial charge in [-0.25, -0.2) is 9.98 Å². The van der Waals surface area contributed by atoms with Crippen LogP contribution < -0.4 is 0 Å². The Labute approximate surface area is 102 Å². The van der Waals surface area contributed by atoms with E-state index in [0.717, 1.165) is 11.4 Å². The van der Waals surface area contributed by atoms with Gasteiger partial charge < -0.3 is 0 Å². The van der Waals surface area contributed by atoms with E-state index in [0.29, 0.717) is 0 Å². The lowest BCUT2D eigenvalue weighted by Gasteiger charge is -2.07. The van der Waals surface area contributed by atoms with Crippen molar-refractivity contribution in [2.24, 2.45) is 4.99 Å². The van der Waals surface area contributed by atoms with E-state index in [1.807, 2.05) is 24.4 Å². The fourth-order valence-corrected chi connectivity index (χ4v) is 1.68. The number of aromatic nitrogens is 1. The molecule has 86 valence electrons. The van der Waals surface area contributed by atoms with E-state index in [4.69, 9.17) is 0 Å². The van der Waals surface area contributed by atoms with Gasteiger partial charge in [0.25, 0.3) is 0 Å². The minimum atomic E-state index is 0.741. The topological polar surface area (TPSA) is 25.2 Å². The molecule has 0 fully saturated rings. The maximum atomic E-state index is 4.37. The molecule has 0 N–H and O–H groups in total. The van der Waals surface area contributed by atoms with Gasteiger partial charge in [-0.1, -0.05) is 18.2 Å². The molecule has 0 atom stereocenters. The SMILES string of the molecule is Cc1ccc(C=Nc2ccccn2)c(C)c1C. The quantitative estimate of drug-likeness (QED) is 0.713. The molecule has 0 aliphatic heterocycles. The predicted octanol–water partition coefficient (Wildman–Crippen LogP) is 3.76. The summed E-state index contributed by atoms with van der Waals surface area (Å²) in [7, 11) is 0. The Hall–Kier alpha value is -1.96. The van der Waals surface area contributed by atoms with Crippen LogP contribution in [0.4, 0.5) is 5.82 Å². The van der Waals surface area contributed by atoms with Gasteiger partial charge in [0, 0.05) is 12.4 Å². The zero-order valence-electron chi connectivity index (χ0n) is 10.4. The van der Waals surface area contributed by atoms with E-state index in [-0.39, 0.29) is 0 Å². The first-order chi connectivity index (χ1) is 8.18. The van der Waals surface area contributed by atoms with E-state index in [2.05, 4.69) is 42.9 Å². The van der Waals surface area contributed by atoms with Gasteiger partial charge in [0.1, 0.15) is 0 Å². The molecule has 0 saturated heterocycles. The molecule has 1 heterocycles. The van der Waals surface area contributed by atoms with Crippen molar-refractivity contribution in [3.63, 3.8) is 0 Å². The minimum Gasteiger partial charge on any atom is -0.237 e. The standard InChI is InChI=1S/C15H16N2/c1-11-7-8-14(13(3)12(11)2)10-17-15-6-4-5-9-16-15/h4-10H,1-3H3. The van der Waals surface area contributed by atoms with Gasteiger partial charge in [-0.2, -0.15) is 0 Å². The van der Waals surface area contributed by atoms with Crippen LogP contribution in [-0.4, -0.2) is 11.2 Å². The lowest BCUT2D eigenvalue weighted by atomic mass is 10.00. The third kappa shape index (κ3) is 2.59. The molecule has 1 aromatic heterocycles. The van der Waals surface area contributed by atoms with Gasteiger partial charge in [-0.05, 0) is 55.2 Å². The average molecular weight is 224 g/mol. The number of benzene rings is 1. The summed E-state index contributed by atoms with van der Waals surface area (Å²) in [5, 5.41) is 0. The zero-order chi connectivity index (χ0) is 12.3. The van der Waals surface area contributed by atoms with Crippen molar-refractivity contribution in [2.75, 3.05) is 0 Å². The maximum Gasteiger partial charge on any atom is 0.151 e. The van der Waals surface area contributed by atoms with E-state index in [1.54, 1.807) is 6.20 Å². The van der Waals surface area contributed by atoms with Crippen LogP contribution in [0.3, 0.4) is 0 Å². The van der Waals surface area contributed by atoms with Crippen LogP contribution in [0.25, 0.3) is 0 Å². The number of hydrogen-bond donors (Lipinski definition) is 0. The largest absolute Gasteiger partial charge is 0.237 e. The molecule has 0 unspecified atom stereocenters. The van der Waals surface area contributed by atoms with Gasteiger partial charge in [0.2, 0.25) is 0 Å². The van der Waals surface area contributed by atoms with E-state index in [9.17, 15) is 0 Å². The number of nitrogens with zero attached hydrogens (tertiary/aromatic N) is 2. The Kier molecular flexibility index (Phi) is 3.33. The summed E-state index contributed by atoms with van der Waals surface area (Å²) in [6.07, 6.45) is 3.63. The second-order valence-corrected chi connectivity index (χ2v) is 4.17. The molecular formula is C15H16N2. The summed E-state index contributed by atoms with van der Waals surface area (Å²) < 4.78 is 0. The zero-order valence-corrected chi connectivity index (χ0v) is 10.4. The molecule has 0 bridgehead atoms. The Morgan fingerprint density at radius 1 is 1.00 bits per heavy atom. The van der Waals surface area contributed by atoms with Crippen molar-refractivity contribution in [3.05, 3.63) is 58.8 Å². The molecule has 0 radical (unpaired) electrons. The molecule has 2 aromatic rings. The smallest absolute Gasteiger partial charge is 0.151 e. The average Bonchev–Trinajstić information content (AvgIpc) is 2.36. The highest BCUT2D eigenvalue weighted by Crippen LogP contribution is 2.16. The molecule has 2 heteroatoms. The normalized spacial score (nSPS) is 11.0. The molecule has 0 saturated carbocycles. The van der Waals surface area contributed by atoms with Crippen molar-refractivity contribution < 1.29 is 0 Å². The van der Waals surface area contributed by atoms with Crippen LogP contribution in [0.2, 0.25) is 0 Å². The van der Waals surface area contributed by atoms with Crippen molar-refractivity contribution in [1.82, 2.24) is 4.98 Å². The predicted molar refractivity (Wildman–Crippen MR) is 72.1 cm³/mol. The van der Waals surface area contributed by atoms with Crippen LogP contribution in [0.1, 0.15) is 22.3 Å². The van der Waals surface area contributed by atoms with E-state index >= 15 is 0 Å².